The molecule has 0 aliphatic rings. The molecule has 0 saturated carbocycles. The van der Waals surface area contributed by atoms with Crippen LogP contribution in [0.3, 0.4) is 0 Å². The third-order valence-corrected chi connectivity index (χ3v) is 9.84. The Labute approximate surface area is 216 Å². The second-order valence-electron chi connectivity index (χ2n) is 10.2. The first-order valence-corrected chi connectivity index (χ1v) is 14.5. The average Bonchev–Trinajstić information content (AvgIpc) is 3.44. The zero-order valence-corrected chi connectivity index (χ0v) is 22.8. The highest BCUT2D eigenvalue weighted by molar-refractivity contribution is 7.26. The lowest BCUT2D eigenvalue weighted by molar-refractivity contribution is 0.670. The van der Waals surface area contributed by atoms with Crippen molar-refractivity contribution in [2.24, 2.45) is 0 Å². The van der Waals surface area contributed by atoms with Gasteiger partial charge in [0.1, 0.15) is 0 Å². The van der Waals surface area contributed by atoms with Crippen molar-refractivity contribution in [3.63, 3.8) is 0 Å². The minimum absolute atomic E-state index is 1.22. The fourth-order valence-corrected chi connectivity index (χ4v) is 7.65. The highest BCUT2D eigenvalue weighted by Gasteiger charge is 2.12. The smallest absolute Gasteiger partial charge is 0.0361 e. The van der Waals surface area contributed by atoms with Crippen LogP contribution in [-0.4, -0.2) is 0 Å². The van der Waals surface area contributed by atoms with E-state index < -0.39 is 0 Å². The van der Waals surface area contributed by atoms with E-state index in [1.165, 1.54) is 106 Å². The van der Waals surface area contributed by atoms with Crippen molar-refractivity contribution in [1.82, 2.24) is 0 Å². The van der Waals surface area contributed by atoms with E-state index in [0.29, 0.717) is 0 Å². The molecule has 176 valence electrons. The molecule has 35 heavy (non-hydrogen) atoms. The van der Waals surface area contributed by atoms with Gasteiger partial charge in [-0.3, -0.25) is 0 Å². The Balaban J connectivity index is 1.42. The maximum Gasteiger partial charge on any atom is 0.0361 e. The number of fused-ring (bicyclic) bond motifs is 5. The standard InChI is InChI=1S/C33H32S2/c1-5-6-7-8-9-27-10-11-31(34-27)28-15-26-19-33-30(17-24(26)14-22(28)4)29-16-23-12-20(2)21(3)13-25(23)18-32(29)35-33/h10-19H,5-9H2,1-4H3. The van der Waals surface area contributed by atoms with Crippen LogP contribution in [0.5, 0.6) is 0 Å². The molecule has 0 spiro atoms. The third kappa shape index (κ3) is 4.17. The van der Waals surface area contributed by atoms with E-state index in [9.17, 15) is 0 Å². The summed E-state index contributed by atoms with van der Waals surface area (Å²) in [5.74, 6) is 0. The topological polar surface area (TPSA) is 0 Å². The van der Waals surface area contributed by atoms with E-state index in [2.05, 4.69) is 88.4 Å². The molecule has 0 nitrogen and oxygen atoms in total. The van der Waals surface area contributed by atoms with Crippen molar-refractivity contribution in [3.05, 3.63) is 82.2 Å². The molecule has 2 heterocycles. The van der Waals surface area contributed by atoms with Crippen LogP contribution in [0.4, 0.5) is 0 Å². The normalized spacial score (nSPS) is 12.0. The SMILES string of the molecule is CCCCCCc1ccc(-c2cc3cc4sc5cc6cc(C)c(C)cc6cc5c4cc3cc2C)s1. The predicted octanol–water partition coefficient (Wildman–Crippen LogP) is 11.1. The van der Waals surface area contributed by atoms with Crippen LogP contribution in [0.1, 0.15) is 54.2 Å². The minimum Gasteiger partial charge on any atom is -0.140 e. The van der Waals surface area contributed by atoms with E-state index in [1.807, 2.05) is 22.7 Å². The fraction of sp³-hybridized carbons (Fsp3) is 0.273. The summed E-state index contributed by atoms with van der Waals surface area (Å²) >= 11 is 3.91. The summed E-state index contributed by atoms with van der Waals surface area (Å²) in [6.07, 6.45) is 6.52. The lowest BCUT2D eigenvalue weighted by Crippen LogP contribution is -1.83. The van der Waals surface area contributed by atoms with E-state index in [-0.39, 0.29) is 0 Å². The van der Waals surface area contributed by atoms with Crippen LogP contribution < -0.4 is 0 Å². The molecule has 0 unspecified atom stereocenters. The minimum atomic E-state index is 1.22. The zero-order valence-electron chi connectivity index (χ0n) is 21.1. The molecule has 2 aromatic heterocycles. The van der Waals surface area contributed by atoms with E-state index in [0.717, 1.165) is 0 Å². The number of thiophene rings is 2. The highest BCUT2D eigenvalue weighted by Crippen LogP contribution is 2.41. The van der Waals surface area contributed by atoms with Crippen molar-refractivity contribution in [2.45, 2.75) is 59.8 Å². The van der Waals surface area contributed by atoms with Crippen LogP contribution in [0, 0.1) is 20.8 Å². The van der Waals surface area contributed by atoms with E-state index in [4.69, 9.17) is 0 Å². The van der Waals surface area contributed by atoms with Gasteiger partial charge in [0, 0.05) is 29.9 Å². The Morgan fingerprint density at radius 1 is 0.571 bits per heavy atom. The van der Waals surface area contributed by atoms with Crippen molar-refractivity contribution >= 4 is 64.4 Å². The second kappa shape index (κ2) is 9.08. The number of aryl methyl sites for hydroxylation is 4. The maximum atomic E-state index is 2.42. The van der Waals surface area contributed by atoms with Crippen LogP contribution in [0.2, 0.25) is 0 Å². The number of unbranched alkanes of at least 4 members (excludes halogenated alkanes) is 3. The molecule has 0 aliphatic heterocycles. The van der Waals surface area contributed by atoms with Gasteiger partial charge in [-0.05, 0) is 120 Å². The molecule has 2 heteroatoms. The number of rotatable bonds is 6. The van der Waals surface area contributed by atoms with Gasteiger partial charge in [-0.2, -0.15) is 0 Å². The summed E-state index contributed by atoms with van der Waals surface area (Å²) in [7, 11) is 0. The molecule has 0 radical (unpaired) electrons. The number of benzene rings is 4. The van der Waals surface area contributed by atoms with Gasteiger partial charge >= 0.3 is 0 Å². The first-order valence-electron chi connectivity index (χ1n) is 12.9. The van der Waals surface area contributed by atoms with Crippen LogP contribution in [-0.2, 0) is 6.42 Å². The molecule has 0 atom stereocenters. The largest absolute Gasteiger partial charge is 0.140 e. The molecule has 6 rings (SSSR count). The summed E-state index contributed by atoms with van der Waals surface area (Å²) < 4.78 is 2.77. The van der Waals surface area contributed by atoms with E-state index in [1.54, 1.807) is 0 Å². The monoisotopic (exact) mass is 492 g/mol. The Kier molecular flexibility index (Phi) is 5.90. The van der Waals surface area contributed by atoms with Gasteiger partial charge in [-0.15, -0.1) is 22.7 Å². The Morgan fingerprint density at radius 3 is 1.83 bits per heavy atom. The molecule has 0 N–H and O–H groups in total. The van der Waals surface area contributed by atoms with Gasteiger partial charge in [0.25, 0.3) is 0 Å². The molecule has 4 aromatic carbocycles. The van der Waals surface area contributed by atoms with E-state index >= 15 is 0 Å². The summed E-state index contributed by atoms with van der Waals surface area (Å²) in [6, 6.07) is 23.8. The van der Waals surface area contributed by atoms with Crippen molar-refractivity contribution in [1.29, 1.82) is 0 Å². The average molecular weight is 493 g/mol. The molecular formula is C33H32S2. The molecule has 0 bridgehead atoms. The van der Waals surface area contributed by atoms with Gasteiger partial charge in [0.2, 0.25) is 0 Å². The number of hydrogen-bond acceptors (Lipinski definition) is 2. The lowest BCUT2D eigenvalue weighted by atomic mass is 9.98. The summed E-state index contributed by atoms with van der Waals surface area (Å²) in [6.45, 7) is 8.97. The lowest BCUT2D eigenvalue weighted by Gasteiger charge is -2.08. The van der Waals surface area contributed by atoms with Crippen molar-refractivity contribution in [3.8, 4) is 10.4 Å². The highest BCUT2D eigenvalue weighted by atomic mass is 32.1. The summed E-state index contributed by atoms with van der Waals surface area (Å²) in [4.78, 5) is 2.93. The summed E-state index contributed by atoms with van der Waals surface area (Å²) in [5, 5.41) is 8.15. The Hall–Kier alpha value is -2.68. The first-order chi connectivity index (χ1) is 17.0. The van der Waals surface area contributed by atoms with Crippen LogP contribution >= 0.6 is 22.7 Å². The quantitative estimate of drug-likeness (QED) is 0.203. The third-order valence-electron chi connectivity index (χ3n) is 7.55. The van der Waals surface area contributed by atoms with Crippen LogP contribution in [0.15, 0.2) is 60.7 Å². The molecule has 0 aliphatic carbocycles. The molecule has 6 aromatic rings. The van der Waals surface area contributed by atoms with Crippen molar-refractivity contribution in [2.75, 3.05) is 0 Å². The molecular weight excluding hydrogens is 460 g/mol. The van der Waals surface area contributed by atoms with Gasteiger partial charge in [0.05, 0.1) is 0 Å². The molecule has 0 fully saturated rings. The maximum absolute atomic E-state index is 2.42. The molecule has 0 saturated heterocycles. The fourth-order valence-electron chi connectivity index (χ4n) is 5.36. The van der Waals surface area contributed by atoms with Gasteiger partial charge in [-0.25, -0.2) is 0 Å². The van der Waals surface area contributed by atoms with Crippen LogP contribution in [0.25, 0.3) is 52.2 Å². The Bertz CT molecular complexity index is 1710. The second-order valence-corrected chi connectivity index (χ2v) is 12.4. The van der Waals surface area contributed by atoms with Crippen molar-refractivity contribution < 1.29 is 0 Å². The first kappa shape index (κ1) is 22.8. The summed E-state index contributed by atoms with van der Waals surface area (Å²) in [5.41, 5.74) is 5.49. The van der Waals surface area contributed by atoms with Gasteiger partial charge in [0.15, 0.2) is 0 Å². The van der Waals surface area contributed by atoms with Gasteiger partial charge in [-0.1, -0.05) is 44.4 Å². The van der Waals surface area contributed by atoms with Gasteiger partial charge < -0.3 is 0 Å². The zero-order chi connectivity index (χ0) is 24.1. The molecule has 0 amide bonds. The predicted molar refractivity (Wildman–Crippen MR) is 160 cm³/mol. The Morgan fingerprint density at radius 2 is 1.17 bits per heavy atom. The number of hydrogen-bond donors (Lipinski definition) is 0.